The molecule has 3 aromatic rings. The largest absolute Gasteiger partial charge is 0.490 e. The van der Waals surface area contributed by atoms with Crippen molar-refractivity contribution in [3.63, 3.8) is 0 Å². The van der Waals surface area contributed by atoms with E-state index >= 15 is 0 Å². The number of anilines is 1. The van der Waals surface area contributed by atoms with E-state index in [9.17, 15) is 53.0 Å². The van der Waals surface area contributed by atoms with Crippen molar-refractivity contribution in [1.82, 2.24) is 19.1 Å². The number of benzene rings is 1. The number of aromatic nitrogens is 4. The SMILES string of the molecule is Nc1ccn([C@@H]2O[C@H](COP(=O)(O)OP(=O)(O)OP(=O)(O)OC[C@H]3O[C@@H](n4ccc(=O)[nH]c4=O)[C@H]4OC(C#Cc5ccccc5)O[C@H]43)[C@@H](O)[C@H]2O)c(=O)n1. The van der Waals surface area contributed by atoms with Gasteiger partial charge in [-0.2, -0.15) is 13.6 Å². The van der Waals surface area contributed by atoms with Crippen molar-refractivity contribution in [3.05, 3.63) is 91.7 Å². The molecule has 0 aliphatic carbocycles. The molecule has 0 bridgehead atoms. The fourth-order valence-corrected chi connectivity index (χ4v) is 8.95. The van der Waals surface area contributed by atoms with Crippen LogP contribution < -0.4 is 22.7 Å². The number of nitrogen functional groups attached to an aromatic ring is 1. The van der Waals surface area contributed by atoms with Crippen molar-refractivity contribution in [2.75, 3.05) is 18.9 Å². The van der Waals surface area contributed by atoms with Crippen molar-refractivity contribution in [2.45, 2.75) is 55.4 Å². The van der Waals surface area contributed by atoms with Gasteiger partial charge in [0.1, 0.15) is 42.4 Å². The molecule has 27 heteroatoms. The van der Waals surface area contributed by atoms with Gasteiger partial charge in [0.25, 0.3) is 5.56 Å². The highest BCUT2D eigenvalue weighted by molar-refractivity contribution is 7.66. The number of aliphatic hydroxyl groups excluding tert-OH is 2. The van der Waals surface area contributed by atoms with Gasteiger partial charge in [0.05, 0.1) is 13.2 Å². The van der Waals surface area contributed by atoms with Gasteiger partial charge < -0.3 is 49.6 Å². The van der Waals surface area contributed by atoms with Gasteiger partial charge in [-0.05, 0) is 24.1 Å². The first-order chi connectivity index (χ1) is 25.4. The van der Waals surface area contributed by atoms with Gasteiger partial charge in [-0.15, -0.1) is 0 Å². The highest BCUT2D eigenvalue weighted by Gasteiger charge is 2.54. The Balaban J connectivity index is 1.07. The molecule has 3 aliphatic heterocycles. The van der Waals surface area contributed by atoms with Crippen LogP contribution in [0.4, 0.5) is 5.82 Å². The molecule has 3 saturated heterocycles. The van der Waals surface area contributed by atoms with Crippen LogP contribution in [0.15, 0.2) is 69.2 Å². The van der Waals surface area contributed by atoms with Crippen LogP contribution in [0.2, 0.25) is 0 Å². The number of aromatic amines is 1. The Morgan fingerprint density at radius 2 is 1.39 bits per heavy atom. The number of hydrogen-bond acceptors (Lipinski definition) is 18. The minimum atomic E-state index is -5.99. The number of phosphoric acid groups is 3. The molecule has 0 spiro atoms. The Labute approximate surface area is 301 Å². The van der Waals surface area contributed by atoms with Gasteiger partial charge in [-0.1, -0.05) is 24.1 Å². The molecule has 54 heavy (non-hydrogen) atoms. The fourth-order valence-electron chi connectivity index (χ4n) is 5.43. The lowest BCUT2D eigenvalue weighted by Gasteiger charge is -2.22. The van der Waals surface area contributed by atoms with Crippen LogP contribution in [0.25, 0.3) is 0 Å². The average Bonchev–Trinajstić information content (AvgIpc) is 3.73. The molecule has 2 aromatic heterocycles. The zero-order valence-corrected chi connectivity index (χ0v) is 29.7. The number of fused-ring (bicyclic) bond motifs is 1. The molecular formula is C27H30N5O19P3. The number of nitrogens with zero attached hydrogens (tertiary/aromatic N) is 3. The number of nitrogens with two attached hydrogens (primary N) is 1. The monoisotopic (exact) mass is 821 g/mol. The Kier molecular flexibility index (Phi) is 11.7. The maximum Gasteiger partial charge on any atom is 0.490 e. The van der Waals surface area contributed by atoms with E-state index < -0.39 is 109 Å². The second kappa shape index (κ2) is 15.8. The van der Waals surface area contributed by atoms with Gasteiger partial charge in [0.15, 0.2) is 12.5 Å². The minimum Gasteiger partial charge on any atom is -0.387 e. The zero-order valence-electron chi connectivity index (χ0n) is 27.0. The number of ether oxygens (including phenoxy) is 4. The van der Waals surface area contributed by atoms with Crippen LogP contribution in [-0.2, 0) is 50.3 Å². The summed E-state index contributed by atoms with van der Waals surface area (Å²) >= 11 is 0. The summed E-state index contributed by atoms with van der Waals surface area (Å²) in [5, 5.41) is 20.6. The predicted octanol–water partition coefficient (Wildman–Crippen LogP) is -1.58. The van der Waals surface area contributed by atoms with Gasteiger partial charge in [-0.3, -0.25) is 28.0 Å². The molecule has 12 atom stereocenters. The standard InChI is InChI=1S/C27H30N5O19P3/c28-17-8-10-31(26(36)29-17)24-21(35)20(34)15(46-24)12-44-52(38,39)50-54(42,43)51-53(40,41)45-13-16-22-23(25(47-16)32-11-9-18(33)30-27(32)37)49-19(48-22)7-6-14-4-2-1-3-5-14/h1-5,8-11,15-16,19-25,34-35H,12-13H2,(H,38,39)(H,40,41)(H,42,43)(H2,28,29,36)(H,30,33,37)/t15-,16-,19?,20-,21-,22+,23+,24-,25-/m1/s1. The third-order valence-corrected chi connectivity index (χ3v) is 12.0. The second-order valence-corrected chi connectivity index (χ2v) is 16.1. The van der Waals surface area contributed by atoms with E-state index in [2.05, 4.69) is 30.0 Å². The number of H-pyrrole nitrogens is 1. The Hall–Kier alpha value is -3.69. The predicted molar refractivity (Wildman–Crippen MR) is 174 cm³/mol. The van der Waals surface area contributed by atoms with Crippen LogP contribution in [0.1, 0.15) is 18.0 Å². The smallest absolute Gasteiger partial charge is 0.387 e. The molecule has 3 fully saturated rings. The van der Waals surface area contributed by atoms with Crippen LogP contribution >= 0.6 is 23.5 Å². The van der Waals surface area contributed by atoms with Gasteiger partial charge in [-0.25, -0.2) is 23.3 Å². The number of phosphoric ester groups is 2. The first-order valence-corrected chi connectivity index (χ1v) is 19.8. The Morgan fingerprint density at radius 1 is 0.778 bits per heavy atom. The van der Waals surface area contributed by atoms with Gasteiger partial charge >= 0.3 is 34.8 Å². The molecule has 0 radical (unpaired) electrons. The van der Waals surface area contributed by atoms with Crippen LogP contribution in [-0.4, -0.2) is 100 Å². The topological polar surface area (TPSA) is 342 Å². The number of hydrogen-bond donors (Lipinski definition) is 7. The van der Waals surface area contributed by atoms with Crippen molar-refractivity contribution in [2.24, 2.45) is 0 Å². The first kappa shape index (κ1) is 40.0. The van der Waals surface area contributed by atoms with Crippen LogP contribution in [0.5, 0.6) is 0 Å². The molecule has 1 aromatic carbocycles. The summed E-state index contributed by atoms with van der Waals surface area (Å²) in [5.41, 5.74) is 3.45. The Morgan fingerprint density at radius 3 is 2.04 bits per heavy atom. The molecule has 8 N–H and O–H groups in total. The third-order valence-electron chi connectivity index (χ3n) is 7.76. The van der Waals surface area contributed by atoms with Crippen LogP contribution in [0.3, 0.4) is 0 Å². The maximum absolute atomic E-state index is 12.7. The summed E-state index contributed by atoms with van der Waals surface area (Å²) < 4.78 is 79.8. The van der Waals surface area contributed by atoms with E-state index in [1.807, 2.05) is 4.98 Å². The lowest BCUT2D eigenvalue weighted by molar-refractivity contribution is -0.131. The van der Waals surface area contributed by atoms with E-state index in [0.717, 1.165) is 27.6 Å². The first-order valence-electron chi connectivity index (χ1n) is 15.3. The molecule has 4 unspecified atom stereocenters. The average molecular weight is 821 g/mol. The summed E-state index contributed by atoms with van der Waals surface area (Å²) in [6.45, 7) is -2.03. The molecule has 5 heterocycles. The lowest BCUT2D eigenvalue weighted by Crippen LogP contribution is -2.36. The molecule has 3 aliphatic rings. The van der Waals surface area contributed by atoms with Crippen molar-refractivity contribution >= 4 is 29.3 Å². The summed E-state index contributed by atoms with van der Waals surface area (Å²) in [5.74, 6) is 5.43. The Bertz CT molecular complexity index is 2240. The number of aliphatic hydroxyl groups is 2. The number of rotatable bonds is 12. The summed E-state index contributed by atoms with van der Waals surface area (Å²) in [6.07, 6.45) is -10.7. The van der Waals surface area contributed by atoms with E-state index in [1.54, 1.807) is 30.3 Å². The normalized spacial score (nSPS) is 31.1. The van der Waals surface area contributed by atoms with E-state index in [-0.39, 0.29) is 5.82 Å². The molecule has 0 amide bonds. The highest BCUT2D eigenvalue weighted by Crippen LogP contribution is 2.68. The van der Waals surface area contributed by atoms with E-state index in [4.69, 9.17) is 29.2 Å². The molecule has 0 saturated carbocycles. The number of nitrogens with one attached hydrogen (secondary N) is 1. The second-order valence-electron chi connectivity index (χ2n) is 11.5. The third kappa shape index (κ3) is 9.39. The lowest BCUT2D eigenvalue weighted by atomic mass is 10.1. The van der Waals surface area contributed by atoms with E-state index in [0.29, 0.717) is 5.56 Å². The molecular weight excluding hydrogens is 791 g/mol. The van der Waals surface area contributed by atoms with Gasteiger partial charge in [0, 0.05) is 24.0 Å². The molecule has 6 rings (SSSR count). The molecule has 24 nitrogen and oxygen atoms in total. The fraction of sp³-hybridized carbons (Fsp3) is 0.407. The minimum absolute atomic E-state index is 0.151. The van der Waals surface area contributed by atoms with Crippen molar-refractivity contribution in [3.8, 4) is 11.8 Å². The maximum atomic E-state index is 12.7. The zero-order chi connectivity index (χ0) is 39.0. The quantitative estimate of drug-likeness (QED) is 0.0801. The van der Waals surface area contributed by atoms with Gasteiger partial charge in [0.2, 0.25) is 6.29 Å². The van der Waals surface area contributed by atoms with Crippen molar-refractivity contribution in [1.29, 1.82) is 0 Å². The summed E-state index contributed by atoms with van der Waals surface area (Å²) in [6, 6.07) is 10.9. The highest BCUT2D eigenvalue weighted by atomic mass is 31.3. The van der Waals surface area contributed by atoms with E-state index in [1.165, 1.54) is 6.07 Å². The van der Waals surface area contributed by atoms with Crippen molar-refractivity contribution < 1.29 is 75.2 Å². The van der Waals surface area contributed by atoms with Crippen LogP contribution in [0, 0.1) is 11.8 Å². The molecule has 292 valence electrons. The summed E-state index contributed by atoms with van der Waals surface area (Å²) in [7, 11) is -17.3. The summed E-state index contributed by atoms with van der Waals surface area (Å²) in [4.78, 5) is 72.1.